The zero-order valence-electron chi connectivity index (χ0n) is 15.2. The molecule has 2 heterocycles. The van der Waals surface area contributed by atoms with Crippen LogP contribution in [0.3, 0.4) is 0 Å². The van der Waals surface area contributed by atoms with Crippen LogP contribution >= 0.6 is 11.6 Å². The lowest BCUT2D eigenvalue weighted by Crippen LogP contribution is -2.31. The Kier molecular flexibility index (Phi) is 5.90. The van der Waals surface area contributed by atoms with Crippen LogP contribution in [0.25, 0.3) is 0 Å². The Morgan fingerprint density at radius 2 is 2.12 bits per heavy atom. The topological polar surface area (TPSA) is 77.8 Å². The summed E-state index contributed by atoms with van der Waals surface area (Å²) in [6.45, 7) is 5.48. The van der Waals surface area contributed by atoms with Gasteiger partial charge in [0.25, 0.3) is 0 Å². The predicted octanol–water partition coefficient (Wildman–Crippen LogP) is 2.46. The monoisotopic (exact) mass is 381 g/mol. The normalized spacial score (nSPS) is 14.1. The summed E-state index contributed by atoms with van der Waals surface area (Å²) in [4.78, 5) is 0. The second-order valence-corrected chi connectivity index (χ2v) is 6.90. The summed E-state index contributed by atoms with van der Waals surface area (Å²) in [6.07, 6.45) is -0.654. The van der Waals surface area contributed by atoms with Crippen molar-refractivity contribution in [1.82, 2.24) is 15.1 Å². The van der Waals surface area contributed by atoms with Gasteiger partial charge in [0, 0.05) is 31.8 Å². The van der Waals surface area contributed by atoms with Gasteiger partial charge in [-0.2, -0.15) is 5.10 Å². The van der Waals surface area contributed by atoms with E-state index < -0.39 is 6.10 Å². The van der Waals surface area contributed by atoms with E-state index in [2.05, 4.69) is 24.3 Å². The van der Waals surface area contributed by atoms with Crippen LogP contribution in [0.4, 0.5) is 0 Å². The predicted molar refractivity (Wildman–Crippen MR) is 98.1 cm³/mol. The molecule has 3 rings (SSSR count). The number of aliphatic hydroxyl groups is 1. The van der Waals surface area contributed by atoms with Gasteiger partial charge in [-0.25, -0.2) is 0 Å². The summed E-state index contributed by atoms with van der Waals surface area (Å²) < 4.78 is 17.9. The minimum atomic E-state index is -0.654. The van der Waals surface area contributed by atoms with Crippen LogP contribution in [-0.2, 0) is 13.6 Å². The first kappa shape index (κ1) is 18.8. The van der Waals surface area contributed by atoms with Crippen LogP contribution in [0.1, 0.15) is 31.0 Å². The van der Waals surface area contributed by atoms with Crippen molar-refractivity contribution in [3.05, 3.63) is 34.6 Å². The van der Waals surface area contributed by atoms with Crippen LogP contribution in [0.2, 0.25) is 5.15 Å². The number of nitrogens with one attached hydrogen (secondary N) is 1. The van der Waals surface area contributed by atoms with Crippen LogP contribution in [-0.4, -0.2) is 40.9 Å². The molecule has 0 amide bonds. The second kappa shape index (κ2) is 8.16. The van der Waals surface area contributed by atoms with Gasteiger partial charge >= 0.3 is 0 Å². The smallest absolute Gasteiger partial charge is 0.231 e. The van der Waals surface area contributed by atoms with E-state index >= 15 is 0 Å². The molecule has 0 saturated heterocycles. The number of halogens is 1. The zero-order valence-corrected chi connectivity index (χ0v) is 15.9. The van der Waals surface area contributed by atoms with Gasteiger partial charge in [-0.15, -0.1) is 0 Å². The zero-order chi connectivity index (χ0) is 18.7. The van der Waals surface area contributed by atoms with Gasteiger partial charge in [0.1, 0.15) is 23.6 Å². The Bertz CT molecular complexity index is 763. The van der Waals surface area contributed by atoms with Crippen molar-refractivity contribution in [3.8, 4) is 17.2 Å². The molecular weight excluding hydrogens is 358 g/mol. The molecule has 0 fully saturated rings. The number of fused-ring (bicyclic) bond motifs is 1. The fraction of sp³-hybridized carbons (Fsp3) is 0.500. The van der Waals surface area contributed by atoms with Gasteiger partial charge in [-0.05, 0) is 18.1 Å². The number of ether oxygens (including phenoxy) is 3. The highest BCUT2D eigenvalue weighted by atomic mass is 35.5. The summed E-state index contributed by atoms with van der Waals surface area (Å²) in [6, 6.07) is 5.34. The fourth-order valence-corrected chi connectivity index (χ4v) is 2.98. The van der Waals surface area contributed by atoms with Gasteiger partial charge < -0.3 is 24.6 Å². The molecule has 0 spiro atoms. The van der Waals surface area contributed by atoms with Gasteiger partial charge in [-0.3, -0.25) is 4.68 Å². The molecule has 1 aromatic heterocycles. The summed E-state index contributed by atoms with van der Waals surface area (Å²) >= 11 is 6.31. The number of nitrogens with zero attached hydrogens (tertiary/aromatic N) is 2. The molecule has 26 heavy (non-hydrogen) atoms. The lowest BCUT2D eigenvalue weighted by Gasteiger charge is -2.14. The minimum Gasteiger partial charge on any atom is -0.491 e. The van der Waals surface area contributed by atoms with Crippen LogP contribution in [0.15, 0.2) is 18.2 Å². The fourth-order valence-electron chi connectivity index (χ4n) is 2.78. The largest absolute Gasteiger partial charge is 0.491 e. The van der Waals surface area contributed by atoms with E-state index in [0.29, 0.717) is 35.5 Å². The molecule has 0 aliphatic carbocycles. The SMILES string of the molecule is CC(C)c1nn(C)c(Cl)c1CNC[C@@H](O)COc1ccc2c(c1)OCO2. The van der Waals surface area contributed by atoms with Crippen molar-refractivity contribution >= 4 is 11.6 Å². The van der Waals surface area contributed by atoms with Crippen LogP contribution in [0, 0.1) is 0 Å². The second-order valence-electron chi connectivity index (χ2n) is 6.54. The quantitative estimate of drug-likeness (QED) is 0.731. The third-order valence-corrected chi connectivity index (χ3v) is 4.59. The van der Waals surface area contributed by atoms with E-state index in [0.717, 1.165) is 11.3 Å². The number of hydrogen-bond donors (Lipinski definition) is 2. The third kappa shape index (κ3) is 4.23. The maximum Gasteiger partial charge on any atom is 0.231 e. The number of rotatable bonds is 8. The van der Waals surface area contributed by atoms with Gasteiger partial charge in [-0.1, -0.05) is 25.4 Å². The molecule has 0 bridgehead atoms. The van der Waals surface area contributed by atoms with E-state index in [1.54, 1.807) is 22.9 Å². The van der Waals surface area contributed by atoms with Crippen molar-refractivity contribution in [2.75, 3.05) is 19.9 Å². The van der Waals surface area contributed by atoms with Gasteiger partial charge in [0.15, 0.2) is 11.5 Å². The van der Waals surface area contributed by atoms with E-state index in [1.165, 1.54) is 0 Å². The van der Waals surface area contributed by atoms with E-state index in [-0.39, 0.29) is 19.3 Å². The molecule has 1 atom stereocenters. The first-order valence-electron chi connectivity index (χ1n) is 8.58. The molecule has 1 aliphatic heterocycles. The van der Waals surface area contributed by atoms with Crippen molar-refractivity contribution < 1.29 is 19.3 Å². The maximum atomic E-state index is 10.1. The summed E-state index contributed by atoms with van der Waals surface area (Å²) in [5, 5.41) is 18.4. The third-order valence-electron chi connectivity index (χ3n) is 4.12. The highest BCUT2D eigenvalue weighted by Gasteiger charge is 2.18. The molecular formula is C18H24ClN3O4. The van der Waals surface area contributed by atoms with Crippen molar-refractivity contribution in [1.29, 1.82) is 0 Å². The molecule has 1 aliphatic rings. The lowest BCUT2D eigenvalue weighted by molar-refractivity contribution is 0.106. The Morgan fingerprint density at radius 3 is 2.88 bits per heavy atom. The van der Waals surface area contributed by atoms with E-state index in [9.17, 15) is 5.11 Å². The molecule has 0 unspecified atom stereocenters. The molecule has 2 aromatic rings. The molecule has 0 saturated carbocycles. The Balaban J connectivity index is 1.47. The molecule has 1 aromatic carbocycles. The first-order valence-corrected chi connectivity index (χ1v) is 8.96. The van der Waals surface area contributed by atoms with Crippen molar-refractivity contribution in [2.24, 2.45) is 7.05 Å². The molecule has 142 valence electrons. The number of hydrogen-bond acceptors (Lipinski definition) is 6. The van der Waals surface area contributed by atoms with E-state index in [1.807, 2.05) is 7.05 Å². The molecule has 2 N–H and O–H groups in total. The number of aromatic nitrogens is 2. The standard InChI is InChI=1S/C18H24ClN3O4/c1-11(2)17-14(18(19)22(3)21-17)8-20-7-12(23)9-24-13-4-5-15-16(6-13)26-10-25-15/h4-6,11-12,20,23H,7-10H2,1-3H3/t12-/m1/s1. The number of benzene rings is 1. The number of aryl methyl sites for hydroxylation is 1. The van der Waals surface area contributed by atoms with Crippen molar-refractivity contribution in [2.45, 2.75) is 32.4 Å². The highest BCUT2D eigenvalue weighted by molar-refractivity contribution is 6.30. The molecule has 8 heteroatoms. The summed E-state index contributed by atoms with van der Waals surface area (Å²) in [7, 11) is 1.83. The molecule has 0 radical (unpaired) electrons. The summed E-state index contributed by atoms with van der Waals surface area (Å²) in [5.74, 6) is 2.27. The average Bonchev–Trinajstić information content (AvgIpc) is 3.19. The minimum absolute atomic E-state index is 0.171. The van der Waals surface area contributed by atoms with Gasteiger partial charge in [0.2, 0.25) is 6.79 Å². The lowest BCUT2D eigenvalue weighted by atomic mass is 10.1. The van der Waals surface area contributed by atoms with E-state index in [4.69, 9.17) is 25.8 Å². The Labute approximate surface area is 157 Å². The van der Waals surface area contributed by atoms with Crippen molar-refractivity contribution in [3.63, 3.8) is 0 Å². The summed E-state index contributed by atoms with van der Waals surface area (Å²) in [5.41, 5.74) is 1.93. The average molecular weight is 382 g/mol. The highest BCUT2D eigenvalue weighted by Crippen LogP contribution is 2.35. The van der Waals surface area contributed by atoms with Crippen LogP contribution < -0.4 is 19.5 Å². The maximum absolute atomic E-state index is 10.1. The van der Waals surface area contributed by atoms with Crippen LogP contribution in [0.5, 0.6) is 17.2 Å². The Hall–Kier alpha value is -1.96. The van der Waals surface area contributed by atoms with Gasteiger partial charge in [0.05, 0.1) is 5.69 Å². The molecule has 7 nitrogen and oxygen atoms in total. The number of aliphatic hydroxyl groups excluding tert-OH is 1. The first-order chi connectivity index (χ1) is 12.5. The Morgan fingerprint density at radius 1 is 1.35 bits per heavy atom.